The molecule has 3 aromatic rings. The summed E-state index contributed by atoms with van der Waals surface area (Å²) in [6.07, 6.45) is 3.55. The van der Waals surface area contributed by atoms with E-state index in [1.807, 2.05) is 42.5 Å². The molecule has 3 rings (SSSR count). The smallest absolute Gasteiger partial charge is 0.136 e. The molecular formula is C17H17N3O. The number of hydrogen-bond acceptors (Lipinski definition) is 4. The molecule has 0 aliphatic rings. The van der Waals surface area contributed by atoms with E-state index in [2.05, 4.69) is 22.2 Å². The maximum absolute atomic E-state index is 6.00. The number of benzene rings is 1. The lowest BCUT2D eigenvalue weighted by Crippen LogP contribution is -2.12. The zero-order valence-corrected chi connectivity index (χ0v) is 11.9. The summed E-state index contributed by atoms with van der Waals surface area (Å²) >= 11 is 0. The number of hydrogen-bond donors (Lipinski definition) is 1. The summed E-state index contributed by atoms with van der Waals surface area (Å²) in [7, 11) is 0. The molecule has 4 nitrogen and oxygen atoms in total. The molecule has 106 valence electrons. The van der Waals surface area contributed by atoms with Gasteiger partial charge in [-0.25, -0.2) is 0 Å². The second-order valence-electron chi connectivity index (χ2n) is 4.69. The van der Waals surface area contributed by atoms with Crippen molar-refractivity contribution in [2.75, 3.05) is 6.54 Å². The van der Waals surface area contributed by atoms with Gasteiger partial charge < -0.3 is 10.1 Å². The van der Waals surface area contributed by atoms with Crippen LogP contribution in [0, 0.1) is 0 Å². The number of aromatic nitrogens is 2. The van der Waals surface area contributed by atoms with E-state index in [1.165, 1.54) is 0 Å². The third-order valence-electron chi connectivity index (χ3n) is 3.18. The van der Waals surface area contributed by atoms with Gasteiger partial charge in [0.15, 0.2) is 0 Å². The Morgan fingerprint density at radius 1 is 1.05 bits per heavy atom. The zero-order valence-electron chi connectivity index (χ0n) is 11.9. The van der Waals surface area contributed by atoms with Gasteiger partial charge in [-0.2, -0.15) is 0 Å². The number of pyridine rings is 2. The number of ether oxygens (including phenoxy) is 1. The van der Waals surface area contributed by atoms with Gasteiger partial charge in [0.05, 0.1) is 11.2 Å². The molecule has 0 spiro atoms. The Hall–Kier alpha value is -2.46. The number of nitrogens with one attached hydrogen (secondary N) is 1. The molecule has 0 aliphatic heterocycles. The average Bonchev–Trinajstić information content (AvgIpc) is 2.54. The third kappa shape index (κ3) is 3.17. The maximum Gasteiger partial charge on any atom is 0.136 e. The SMILES string of the molecule is CCNCc1cc(Oc2cccc3ncccc23)ccn1. The van der Waals surface area contributed by atoms with Gasteiger partial charge in [0.25, 0.3) is 0 Å². The Bertz CT molecular complexity index is 737. The highest BCUT2D eigenvalue weighted by Crippen LogP contribution is 2.28. The van der Waals surface area contributed by atoms with Gasteiger partial charge in [0.2, 0.25) is 0 Å². The highest BCUT2D eigenvalue weighted by atomic mass is 16.5. The highest BCUT2D eigenvalue weighted by Gasteiger charge is 2.04. The lowest BCUT2D eigenvalue weighted by molar-refractivity contribution is 0.486. The van der Waals surface area contributed by atoms with Crippen LogP contribution >= 0.6 is 0 Å². The number of fused-ring (bicyclic) bond motifs is 1. The third-order valence-corrected chi connectivity index (χ3v) is 3.18. The van der Waals surface area contributed by atoms with Gasteiger partial charge in [0, 0.05) is 30.4 Å². The van der Waals surface area contributed by atoms with E-state index in [0.717, 1.165) is 41.2 Å². The lowest BCUT2D eigenvalue weighted by Gasteiger charge is -2.09. The summed E-state index contributed by atoms with van der Waals surface area (Å²) in [5.41, 5.74) is 1.89. The molecule has 2 aromatic heterocycles. The van der Waals surface area contributed by atoms with Crippen LogP contribution in [-0.4, -0.2) is 16.5 Å². The van der Waals surface area contributed by atoms with Crippen molar-refractivity contribution in [2.45, 2.75) is 13.5 Å². The summed E-state index contributed by atoms with van der Waals surface area (Å²) in [4.78, 5) is 8.67. The van der Waals surface area contributed by atoms with E-state index < -0.39 is 0 Å². The average molecular weight is 279 g/mol. The van der Waals surface area contributed by atoms with Crippen molar-refractivity contribution in [2.24, 2.45) is 0 Å². The van der Waals surface area contributed by atoms with Gasteiger partial charge in [-0.1, -0.05) is 13.0 Å². The van der Waals surface area contributed by atoms with Crippen molar-refractivity contribution in [3.05, 3.63) is 60.6 Å². The molecule has 2 heterocycles. The van der Waals surface area contributed by atoms with Crippen molar-refractivity contribution < 1.29 is 4.74 Å². The van der Waals surface area contributed by atoms with Gasteiger partial charge in [-0.05, 0) is 36.9 Å². The first-order chi connectivity index (χ1) is 10.4. The Kier molecular flexibility index (Phi) is 4.07. The second-order valence-corrected chi connectivity index (χ2v) is 4.69. The standard InChI is InChI=1S/C17H17N3O/c1-2-18-12-13-11-14(8-10-19-13)21-17-7-3-6-16-15(17)5-4-9-20-16/h3-11,18H,2,12H2,1H3. The minimum Gasteiger partial charge on any atom is -0.457 e. The molecule has 1 aromatic carbocycles. The molecule has 0 radical (unpaired) electrons. The van der Waals surface area contributed by atoms with Crippen molar-refractivity contribution >= 4 is 10.9 Å². The topological polar surface area (TPSA) is 47.0 Å². The molecule has 0 saturated heterocycles. The van der Waals surface area contributed by atoms with Crippen LogP contribution in [0.15, 0.2) is 54.9 Å². The molecular weight excluding hydrogens is 262 g/mol. The van der Waals surface area contributed by atoms with E-state index in [-0.39, 0.29) is 0 Å². The van der Waals surface area contributed by atoms with E-state index in [9.17, 15) is 0 Å². The van der Waals surface area contributed by atoms with Crippen molar-refractivity contribution in [3.63, 3.8) is 0 Å². The largest absolute Gasteiger partial charge is 0.457 e. The molecule has 0 amide bonds. The minimum atomic E-state index is 0.741. The van der Waals surface area contributed by atoms with Crippen LogP contribution in [0.25, 0.3) is 10.9 Å². The van der Waals surface area contributed by atoms with Crippen LogP contribution in [-0.2, 0) is 6.54 Å². The predicted molar refractivity (Wildman–Crippen MR) is 83.4 cm³/mol. The van der Waals surface area contributed by atoms with E-state index in [0.29, 0.717) is 0 Å². The molecule has 0 unspecified atom stereocenters. The zero-order chi connectivity index (χ0) is 14.5. The van der Waals surface area contributed by atoms with Crippen LogP contribution in [0.4, 0.5) is 0 Å². The van der Waals surface area contributed by atoms with Crippen molar-refractivity contribution in [1.82, 2.24) is 15.3 Å². The van der Waals surface area contributed by atoms with E-state index in [4.69, 9.17) is 4.74 Å². The number of nitrogens with zero attached hydrogens (tertiary/aromatic N) is 2. The van der Waals surface area contributed by atoms with E-state index >= 15 is 0 Å². The Morgan fingerprint density at radius 3 is 2.90 bits per heavy atom. The van der Waals surface area contributed by atoms with E-state index in [1.54, 1.807) is 12.4 Å². The van der Waals surface area contributed by atoms with Crippen molar-refractivity contribution in [1.29, 1.82) is 0 Å². The lowest BCUT2D eigenvalue weighted by atomic mass is 10.2. The Labute approximate surface area is 123 Å². The first-order valence-corrected chi connectivity index (χ1v) is 7.04. The van der Waals surface area contributed by atoms with Crippen LogP contribution in [0.1, 0.15) is 12.6 Å². The summed E-state index contributed by atoms with van der Waals surface area (Å²) in [6.45, 7) is 3.73. The monoisotopic (exact) mass is 279 g/mol. The van der Waals surface area contributed by atoms with Crippen LogP contribution < -0.4 is 10.1 Å². The fraction of sp³-hybridized carbons (Fsp3) is 0.176. The van der Waals surface area contributed by atoms with Crippen LogP contribution in [0.2, 0.25) is 0 Å². The van der Waals surface area contributed by atoms with Gasteiger partial charge in [0.1, 0.15) is 11.5 Å². The maximum atomic E-state index is 6.00. The van der Waals surface area contributed by atoms with Crippen molar-refractivity contribution in [3.8, 4) is 11.5 Å². The summed E-state index contributed by atoms with van der Waals surface area (Å²) < 4.78 is 6.00. The van der Waals surface area contributed by atoms with Gasteiger partial charge >= 0.3 is 0 Å². The molecule has 0 saturated carbocycles. The Morgan fingerprint density at radius 2 is 2.00 bits per heavy atom. The molecule has 1 N–H and O–H groups in total. The number of rotatable bonds is 5. The fourth-order valence-corrected chi connectivity index (χ4v) is 2.16. The molecule has 4 heteroatoms. The fourth-order valence-electron chi connectivity index (χ4n) is 2.16. The molecule has 0 bridgehead atoms. The minimum absolute atomic E-state index is 0.741. The van der Waals surface area contributed by atoms with Crippen LogP contribution in [0.5, 0.6) is 11.5 Å². The summed E-state index contributed by atoms with van der Waals surface area (Å²) in [5.74, 6) is 1.59. The molecule has 0 atom stereocenters. The molecule has 0 aliphatic carbocycles. The highest BCUT2D eigenvalue weighted by molar-refractivity contribution is 5.85. The predicted octanol–water partition coefficient (Wildman–Crippen LogP) is 3.53. The summed E-state index contributed by atoms with van der Waals surface area (Å²) in [6, 6.07) is 13.6. The molecule has 0 fully saturated rings. The van der Waals surface area contributed by atoms with Gasteiger partial charge in [-0.3, -0.25) is 9.97 Å². The van der Waals surface area contributed by atoms with Crippen LogP contribution in [0.3, 0.4) is 0 Å². The summed E-state index contributed by atoms with van der Waals surface area (Å²) in [5, 5.41) is 4.26. The first kappa shape index (κ1) is 13.5. The normalized spacial score (nSPS) is 10.7. The first-order valence-electron chi connectivity index (χ1n) is 7.04. The molecule has 21 heavy (non-hydrogen) atoms. The van der Waals surface area contributed by atoms with Gasteiger partial charge in [-0.15, -0.1) is 0 Å². The Balaban J connectivity index is 1.88. The second kappa shape index (κ2) is 6.33. The quantitative estimate of drug-likeness (QED) is 0.776.